The van der Waals surface area contributed by atoms with Crippen molar-refractivity contribution in [3.8, 4) is 0 Å². The number of unbranched alkanes of at least 4 members (excludes halogenated alkanes) is 1. The third-order valence-corrected chi connectivity index (χ3v) is 6.15. The number of hydrogen-bond donors (Lipinski definition) is 2. The Hall–Kier alpha value is -0.120. The topological polar surface area (TPSA) is 46.1 Å². The summed E-state index contributed by atoms with van der Waals surface area (Å²) in [7, 11) is 1.87. The first kappa shape index (κ1) is 25.9. The number of likely N-dealkylation sites (N-methyl/N-ethyl adjacent to an activating group) is 1. The molecule has 7 heteroatoms. The summed E-state index contributed by atoms with van der Waals surface area (Å²) in [6.07, 6.45) is 6.40. The van der Waals surface area contributed by atoms with Gasteiger partial charge in [0.05, 0.1) is 0 Å². The van der Waals surface area contributed by atoms with E-state index in [0.29, 0.717) is 0 Å². The maximum Gasteiger partial charge on any atom is 0.190 e. The Bertz CT molecular complexity index is 404. The fourth-order valence-corrected chi connectivity index (χ4v) is 4.01. The second-order valence-corrected chi connectivity index (χ2v) is 8.29. The number of rotatable bonds is 10. The van der Waals surface area contributed by atoms with Crippen LogP contribution in [0.25, 0.3) is 0 Å². The Balaban J connectivity index is 0.00000392. The minimum absolute atomic E-state index is 0. The Morgan fingerprint density at radius 2 is 1.36 bits per heavy atom. The molecule has 2 N–H and O–H groups in total. The minimum Gasteiger partial charge on any atom is -0.356 e. The van der Waals surface area contributed by atoms with E-state index in [4.69, 9.17) is 0 Å². The van der Waals surface area contributed by atoms with Gasteiger partial charge < -0.3 is 25.3 Å². The smallest absolute Gasteiger partial charge is 0.190 e. The molecule has 0 aromatic carbocycles. The van der Waals surface area contributed by atoms with Gasteiger partial charge in [-0.3, -0.25) is 4.99 Å². The summed E-state index contributed by atoms with van der Waals surface area (Å²) in [6.45, 7) is 17.8. The molecule has 0 spiro atoms. The van der Waals surface area contributed by atoms with Crippen molar-refractivity contribution in [3.05, 3.63) is 0 Å². The lowest BCUT2D eigenvalue weighted by atomic mass is 9.99. The SMILES string of the molecule is CCN1CCN(CCCCNC(=NC)NCCCN2CCC(C)CC2)CC1.I. The number of piperazine rings is 1. The normalized spacial score (nSPS) is 20.8. The van der Waals surface area contributed by atoms with Crippen molar-refractivity contribution in [1.29, 1.82) is 0 Å². The maximum atomic E-state index is 4.35. The van der Waals surface area contributed by atoms with Crippen LogP contribution < -0.4 is 10.6 Å². The number of hydrogen-bond acceptors (Lipinski definition) is 4. The van der Waals surface area contributed by atoms with Gasteiger partial charge in [-0.1, -0.05) is 13.8 Å². The highest BCUT2D eigenvalue weighted by Gasteiger charge is 2.15. The number of nitrogens with one attached hydrogen (secondary N) is 2. The van der Waals surface area contributed by atoms with Gasteiger partial charge in [0.2, 0.25) is 0 Å². The molecule has 2 aliphatic rings. The van der Waals surface area contributed by atoms with Gasteiger partial charge in [-0.05, 0) is 70.7 Å². The summed E-state index contributed by atoms with van der Waals surface area (Å²) < 4.78 is 0. The molecule has 0 bridgehead atoms. The molecule has 0 aromatic heterocycles. The van der Waals surface area contributed by atoms with Gasteiger partial charge >= 0.3 is 0 Å². The van der Waals surface area contributed by atoms with Crippen LogP contribution >= 0.6 is 24.0 Å². The van der Waals surface area contributed by atoms with Gasteiger partial charge in [0, 0.05) is 46.3 Å². The van der Waals surface area contributed by atoms with E-state index >= 15 is 0 Å². The van der Waals surface area contributed by atoms with Gasteiger partial charge in [-0.2, -0.15) is 0 Å². The highest BCUT2D eigenvalue weighted by Crippen LogP contribution is 2.15. The summed E-state index contributed by atoms with van der Waals surface area (Å²) in [5.41, 5.74) is 0. The molecule has 2 saturated heterocycles. The molecule has 2 rings (SSSR count). The van der Waals surface area contributed by atoms with Crippen LogP contribution in [0, 0.1) is 5.92 Å². The van der Waals surface area contributed by atoms with E-state index in [-0.39, 0.29) is 24.0 Å². The molecule has 0 atom stereocenters. The lowest BCUT2D eigenvalue weighted by Crippen LogP contribution is -2.46. The largest absolute Gasteiger partial charge is 0.356 e. The van der Waals surface area contributed by atoms with Crippen LogP contribution in [-0.4, -0.2) is 99.7 Å². The van der Waals surface area contributed by atoms with Gasteiger partial charge in [0.15, 0.2) is 5.96 Å². The van der Waals surface area contributed by atoms with Crippen LogP contribution in [0.4, 0.5) is 0 Å². The van der Waals surface area contributed by atoms with Gasteiger partial charge in [0.25, 0.3) is 0 Å². The summed E-state index contributed by atoms with van der Waals surface area (Å²) in [4.78, 5) is 12.1. The zero-order valence-corrected chi connectivity index (χ0v) is 20.9. The lowest BCUT2D eigenvalue weighted by molar-refractivity contribution is 0.136. The highest BCUT2D eigenvalue weighted by atomic mass is 127. The molecular weight excluding hydrogens is 463 g/mol. The molecule has 0 unspecified atom stereocenters. The predicted octanol–water partition coefficient (Wildman–Crippen LogP) is 2.31. The van der Waals surface area contributed by atoms with E-state index in [1.54, 1.807) is 0 Å². The van der Waals surface area contributed by atoms with Gasteiger partial charge in [-0.25, -0.2) is 0 Å². The van der Waals surface area contributed by atoms with E-state index < -0.39 is 0 Å². The van der Waals surface area contributed by atoms with Crippen molar-refractivity contribution >= 4 is 29.9 Å². The van der Waals surface area contributed by atoms with Crippen LogP contribution in [0.5, 0.6) is 0 Å². The molecule has 0 saturated carbocycles. The number of likely N-dealkylation sites (tertiary alicyclic amines) is 1. The Morgan fingerprint density at radius 1 is 0.821 bits per heavy atom. The first-order valence-corrected chi connectivity index (χ1v) is 11.3. The first-order chi connectivity index (χ1) is 13.2. The average molecular weight is 509 g/mol. The number of aliphatic imine (C=N–C) groups is 1. The summed E-state index contributed by atoms with van der Waals surface area (Å²) >= 11 is 0. The van der Waals surface area contributed by atoms with Crippen LogP contribution in [0.1, 0.15) is 46.0 Å². The molecule has 28 heavy (non-hydrogen) atoms. The van der Waals surface area contributed by atoms with Crippen molar-refractivity contribution in [2.24, 2.45) is 10.9 Å². The average Bonchev–Trinajstić information content (AvgIpc) is 2.71. The molecule has 2 aliphatic heterocycles. The van der Waals surface area contributed by atoms with Crippen LogP contribution in [0.15, 0.2) is 4.99 Å². The number of nitrogens with zero attached hydrogens (tertiary/aromatic N) is 4. The van der Waals surface area contributed by atoms with Gasteiger partial charge in [0.1, 0.15) is 0 Å². The fourth-order valence-electron chi connectivity index (χ4n) is 4.01. The molecule has 2 fully saturated rings. The zero-order chi connectivity index (χ0) is 19.3. The Morgan fingerprint density at radius 3 is 1.96 bits per heavy atom. The molecule has 0 aliphatic carbocycles. The van der Waals surface area contributed by atoms with E-state index in [1.807, 2.05) is 7.05 Å². The predicted molar refractivity (Wildman–Crippen MR) is 132 cm³/mol. The summed E-state index contributed by atoms with van der Waals surface area (Å²) in [5, 5.41) is 6.93. The van der Waals surface area contributed by atoms with Crippen molar-refractivity contribution < 1.29 is 0 Å². The van der Waals surface area contributed by atoms with Crippen molar-refractivity contribution in [3.63, 3.8) is 0 Å². The van der Waals surface area contributed by atoms with E-state index in [2.05, 4.69) is 44.2 Å². The fraction of sp³-hybridized carbons (Fsp3) is 0.952. The molecule has 0 radical (unpaired) electrons. The standard InChI is InChI=1S/C21H44N6.HI/c1-4-25-16-18-27(19-17-25)12-6-5-10-23-21(22-3)24-11-7-13-26-14-8-20(2)9-15-26;/h20H,4-19H2,1-3H3,(H2,22,23,24);1H. The van der Waals surface area contributed by atoms with Crippen molar-refractivity contribution in [1.82, 2.24) is 25.3 Å². The monoisotopic (exact) mass is 508 g/mol. The molecular formula is C21H45IN6. The minimum atomic E-state index is 0. The maximum absolute atomic E-state index is 4.35. The van der Waals surface area contributed by atoms with Crippen molar-refractivity contribution in [2.45, 2.75) is 46.0 Å². The van der Waals surface area contributed by atoms with Gasteiger partial charge in [-0.15, -0.1) is 24.0 Å². The second kappa shape index (κ2) is 15.7. The Kier molecular flexibility index (Phi) is 14.5. The van der Waals surface area contributed by atoms with Crippen LogP contribution in [0.2, 0.25) is 0 Å². The van der Waals surface area contributed by atoms with Crippen molar-refractivity contribution in [2.75, 3.05) is 79.0 Å². The number of piperidine rings is 1. The molecule has 6 nitrogen and oxygen atoms in total. The number of halogens is 1. The second-order valence-electron chi connectivity index (χ2n) is 8.29. The van der Waals surface area contributed by atoms with E-state index in [9.17, 15) is 0 Å². The molecule has 2 heterocycles. The summed E-state index contributed by atoms with van der Waals surface area (Å²) in [5.74, 6) is 1.88. The molecule has 0 aromatic rings. The lowest BCUT2D eigenvalue weighted by Gasteiger charge is -2.34. The number of guanidine groups is 1. The summed E-state index contributed by atoms with van der Waals surface area (Å²) in [6, 6.07) is 0. The van der Waals surface area contributed by atoms with E-state index in [1.165, 1.54) is 91.0 Å². The third kappa shape index (κ3) is 10.6. The quantitative estimate of drug-likeness (QED) is 0.205. The molecule has 0 amide bonds. The zero-order valence-electron chi connectivity index (χ0n) is 18.6. The van der Waals surface area contributed by atoms with Crippen LogP contribution in [0.3, 0.4) is 0 Å². The van der Waals surface area contributed by atoms with Crippen LogP contribution in [-0.2, 0) is 0 Å². The third-order valence-electron chi connectivity index (χ3n) is 6.15. The van der Waals surface area contributed by atoms with E-state index in [0.717, 1.165) is 25.0 Å². The Labute approximate surface area is 190 Å². The highest BCUT2D eigenvalue weighted by molar-refractivity contribution is 14.0. The molecule has 166 valence electrons. The first-order valence-electron chi connectivity index (χ1n) is 11.3.